The zero-order valence-corrected chi connectivity index (χ0v) is 13.1. The third kappa shape index (κ3) is 2.67. The van der Waals surface area contributed by atoms with Gasteiger partial charge in [0.2, 0.25) is 0 Å². The average molecular weight is 325 g/mol. The van der Waals surface area contributed by atoms with Gasteiger partial charge in [0.05, 0.1) is 5.56 Å². The SMILES string of the molecule is Cc1cc(C=C2NC(=O)NC2=O)c(C)n1-c1cccc(C(=O)O)c1. The minimum Gasteiger partial charge on any atom is -0.478 e. The van der Waals surface area contributed by atoms with Crippen molar-refractivity contribution >= 4 is 24.0 Å². The lowest BCUT2D eigenvalue weighted by Gasteiger charge is -2.10. The van der Waals surface area contributed by atoms with Gasteiger partial charge in [0.1, 0.15) is 5.70 Å². The number of aromatic nitrogens is 1. The molecule has 0 bridgehead atoms. The predicted molar refractivity (Wildman–Crippen MR) is 86.9 cm³/mol. The van der Waals surface area contributed by atoms with E-state index in [0.29, 0.717) is 0 Å². The van der Waals surface area contributed by atoms with Crippen molar-refractivity contribution in [3.63, 3.8) is 0 Å². The molecule has 3 rings (SSSR count). The number of carboxylic acid groups (broad SMARTS) is 1. The van der Waals surface area contributed by atoms with E-state index in [4.69, 9.17) is 5.11 Å². The zero-order chi connectivity index (χ0) is 17.4. The summed E-state index contributed by atoms with van der Waals surface area (Å²) in [6.07, 6.45) is 1.60. The van der Waals surface area contributed by atoms with E-state index in [2.05, 4.69) is 10.6 Å². The first-order chi connectivity index (χ1) is 11.4. The van der Waals surface area contributed by atoms with Crippen LogP contribution in [0.3, 0.4) is 0 Å². The molecule has 1 saturated heterocycles. The summed E-state index contributed by atoms with van der Waals surface area (Å²) in [5.41, 5.74) is 3.57. The van der Waals surface area contributed by atoms with Gasteiger partial charge in [-0.15, -0.1) is 0 Å². The maximum Gasteiger partial charge on any atom is 0.335 e. The van der Waals surface area contributed by atoms with E-state index in [1.54, 1.807) is 18.2 Å². The van der Waals surface area contributed by atoms with Crippen LogP contribution in [0.2, 0.25) is 0 Å². The number of amides is 3. The molecule has 3 N–H and O–H groups in total. The van der Waals surface area contributed by atoms with E-state index in [0.717, 1.165) is 22.6 Å². The quantitative estimate of drug-likeness (QED) is 0.593. The first-order valence-electron chi connectivity index (χ1n) is 7.23. The van der Waals surface area contributed by atoms with Crippen LogP contribution in [-0.4, -0.2) is 27.6 Å². The monoisotopic (exact) mass is 325 g/mol. The largest absolute Gasteiger partial charge is 0.478 e. The van der Waals surface area contributed by atoms with E-state index in [1.165, 1.54) is 6.07 Å². The van der Waals surface area contributed by atoms with Crippen molar-refractivity contribution in [1.82, 2.24) is 15.2 Å². The summed E-state index contributed by atoms with van der Waals surface area (Å²) in [6, 6.07) is 7.93. The van der Waals surface area contributed by atoms with Gasteiger partial charge in [0.15, 0.2) is 0 Å². The summed E-state index contributed by atoms with van der Waals surface area (Å²) in [5.74, 6) is -1.47. The molecule has 0 aliphatic carbocycles. The molecule has 24 heavy (non-hydrogen) atoms. The van der Waals surface area contributed by atoms with Crippen molar-refractivity contribution < 1.29 is 19.5 Å². The Hall–Kier alpha value is -3.35. The van der Waals surface area contributed by atoms with Crippen LogP contribution >= 0.6 is 0 Å². The van der Waals surface area contributed by atoms with Crippen LogP contribution < -0.4 is 10.6 Å². The normalized spacial score (nSPS) is 15.5. The number of carbonyl (C=O) groups excluding carboxylic acids is 2. The Labute approximate surface area is 137 Å². The summed E-state index contributed by atoms with van der Waals surface area (Å²) >= 11 is 0. The molecule has 0 spiro atoms. The van der Waals surface area contributed by atoms with Crippen LogP contribution in [0.25, 0.3) is 11.8 Å². The third-order valence-corrected chi connectivity index (χ3v) is 3.84. The molecular formula is C17H15N3O4. The number of aryl methyl sites for hydroxylation is 1. The molecule has 1 aromatic carbocycles. The number of nitrogens with zero attached hydrogens (tertiary/aromatic N) is 1. The fourth-order valence-electron chi connectivity index (χ4n) is 2.75. The molecule has 2 heterocycles. The fourth-order valence-corrected chi connectivity index (χ4v) is 2.75. The van der Waals surface area contributed by atoms with Crippen LogP contribution in [0, 0.1) is 13.8 Å². The Morgan fingerprint density at radius 2 is 1.92 bits per heavy atom. The van der Waals surface area contributed by atoms with E-state index >= 15 is 0 Å². The van der Waals surface area contributed by atoms with Gasteiger partial charge in [-0.3, -0.25) is 10.1 Å². The second kappa shape index (κ2) is 5.69. The molecule has 0 atom stereocenters. The maximum atomic E-state index is 11.6. The molecule has 1 aromatic heterocycles. The molecule has 0 saturated carbocycles. The zero-order valence-electron chi connectivity index (χ0n) is 13.1. The van der Waals surface area contributed by atoms with Gasteiger partial charge in [0, 0.05) is 17.1 Å². The Morgan fingerprint density at radius 3 is 2.54 bits per heavy atom. The van der Waals surface area contributed by atoms with Gasteiger partial charge in [-0.1, -0.05) is 6.07 Å². The first kappa shape index (κ1) is 15.5. The molecule has 1 fully saturated rings. The summed E-state index contributed by atoms with van der Waals surface area (Å²) in [4.78, 5) is 34.0. The summed E-state index contributed by atoms with van der Waals surface area (Å²) in [5, 5.41) is 13.7. The molecule has 1 aliphatic heterocycles. The number of urea groups is 1. The number of benzene rings is 1. The lowest BCUT2D eigenvalue weighted by atomic mass is 10.2. The molecule has 3 amide bonds. The topological polar surface area (TPSA) is 100 Å². The lowest BCUT2D eigenvalue weighted by Crippen LogP contribution is -2.22. The highest BCUT2D eigenvalue weighted by molar-refractivity contribution is 6.14. The number of aromatic carboxylic acids is 1. The number of hydrogen-bond donors (Lipinski definition) is 3. The van der Waals surface area contributed by atoms with E-state index in [-0.39, 0.29) is 11.3 Å². The highest BCUT2D eigenvalue weighted by atomic mass is 16.4. The number of carboxylic acids is 1. The van der Waals surface area contributed by atoms with Crippen LogP contribution in [0.15, 0.2) is 36.0 Å². The number of nitrogens with one attached hydrogen (secondary N) is 2. The van der Waals surface area contributed by atoms with E-state index < -0.39 is 17.9 Å². The van der Waals surface area contributed by atoms with E-state index in [9.17, 15) is 14.4 Å². The first-order valence-corrected chi connectivity index (χ1v) is 7.23. The molecule has 0 radical (unpaired) electrons. The molecule has 122 valence electrons. The van der Waals surface area contributed by atoms with Gasteiger partial charge in [-0.05, 0) is 49.8 Å². The standard InChI is InChI=1S/C17H15N3O4/c1-9-6-12(8-14-15(21)19-17(24)18-14)10(2)20(9)13-5-3-4-11(7-13)16(22)23/h3-8H,1-2H3,(H,22,23)(H2,18,19,21,24). The Balaban J connectivity index is 2.06. The van der Waals surface area contributed by atoms with Gasteiger partial charge < -0.3 is 15.0 Å². The van der Waals surface area contributed by atoms with Crippen LogP contribution in [-0.2, 0) is 4.79 Å². The van der Waals surface area contributed by atoms with Gasteiger partial charge in [-0.2, -0.15) is 0 Å². The second-order valence-corrected chi connectivity index (χ2v) is 5.48. The Morgan fingerprint density at radius 1 is 1.17 bits per heavy atom. The van der Waals surface area contributed by atoms with Crippen molar-refractivity contribution in [1.29, 1.82) is 0 Å². The molecule has 7 nitrogen and oxygen atoms in total. The van der Waals surface area contributed by atoms with Crippen LogP contribution in [0.1, 0.15) is 27.3 Å². The Bertz CT molecular complexity index is 909. The summed E-state index contributed by atoms with van der Waals surface area (Å²) in [6.45, 7) is 3.75. The highest BCUT2D eigenvalue weighted by Gasteiger charge is 2.23. The van der Waals surface area contributed by atoms with Gasteiger partial charge in [0.25, 0.3) is 5.91 Å². The van der Waals surface area contributed by atoms with Crippen molar-refractivity contribution in [2.45, 2.75) is 13.8 Å². The molecule has 7 heteroatoms. The van der Waals surface area contributed by atoms with Gasteiger partial charge >= 0.3 is 12.0 Å². The third-order valence-electron chi connectivity index (χ3n) is 3.84. The number of hydrogen-bond acceptors (Lipinski definition) is 3. The minimum atomic E-state index is -0.994. The molecule has 2 aromatic rings. The number of rotatable bonds is 3. The molecular weight excluding hydrogens is 310 g/mol. The number of imide groups is 1. The average Bonchev–Trinajstić information content (AvgIpc) is 2.98. The molecule has 1 aliphatic rings. The Kier molecular flexibility index (Phi) is 3.69. The second-order valence-electron chi connectivity index (χ2n) is 5.48. The van der Waals surface area contributed by atoms with Crippen LogP contribution in [0.4, 0.5) is 4.79 Å². The van der Waals surface area contributed by atoms with Crippen molar-refractivity contribution in [2.24, 2.45) is 0 Å². The maximum absolute atomic E-state index is 11.6. The minimum absolute atomic E-state index is 0.180. The van der Waals surface area contributed by atoms with Crippen molar-refractivity contribution in [3.05, 3.63) is 58.5 Å². The van der Waals surface area contributed by atoms with Gasteiger partial charge in [-0.25, -0.2) is 9.59 Å². The summed E-state index contributed by atoms with van der Waals surface area (Å²) in [7, 11) is 0. The fraction of sp³-hybridized carbons (Fsp3) is 0.118. The number of carbonyl (C=O) groups is 3. The lowest BCUT2D eigenvalue weighted by molar-refractivity contribution is -0.115. The highest BCUT2D eigenvalue weighted by Crippen LogP contribution is 2.23. The smallest absolute Gasteiger partial charge is 0.335 e. The van der Waals surface area contributed by atoms with Crippen molar-refractivity contribution in [3.8, 4) is 5.69 Å². The van der Waals surface area contributed by atoms with E-state index in [1.807, 2.05) is 30.5 Å². The molecule has 0 unspecified atom stereocenters. The predicted octanol–water partition coefficient (Wildman–Crippen LogP) is 1.97. The summed E-state index contributed by atoms with van der Waals surface area (Å²) < 4.78 is 1.90. The van der Waals surface area contributed by atoms with Crippen molar-refractivity contribution in [2.75, 3.05) is 0 Å². The van der Waals surface area contributed by atoms with Crippen LogP contribution in [0.5, 0.6) is 0 Å².